The predicted molar refractivity (Wildman–Crippen MR) is 98.4 cm³/mol. The molecule has 0 aliphatic rings. The van der Waals surface area contributed by atoms with Crippen LogP contribution in [0.25, 0.3) is 11.3 Å². The predicted octanol–water partition coefficient (Wildman–Crippen LogP) is 4.17. The van der Waals surface area contributed by atoms with Crippen molar-refractivity contribution in [3.05, 3.63) is 69.6 Å². The van der Waals surface area contributed by atoms with Crippen molar-refractivity contribution in [1.29, 1.82) is 0 Å². The third-order valence-corrected chi connectivity index (χ3v) is 4.05. The summed E-state index contributed by atoms with van der Waals surface area (Å²) in [6, 6.07) is 14.3. The van der Waals surface area contributed by atoms with Crippen molar-refractivity contribution < 1.29 is 9.66 Å². The molecule has 0 saturated carbocycles. The summed E-state index contributed by atoms with van der Waals surface area (Å²) in [4.78, 5) is 14.9. The maximum atomic E-state index is 10.9. The van der Waals surface area contributed by atoms with E-state index in [-0.39, 0.29) is 5.69 Å². The van der Waals surface area contributed by atoms with Gasteiger partial charge in [-0.25, -0.2) is 4.98 Å². The molecule has 0 atom stereocenters. The van der Waals surface area contributed by atoms with E-state index in [2.05, 4.69) is 15.5 Å². The molecule has 0 spiro atoms. The number of non-ortho nitro benzene ring substituents is 1. The van der Waals surface area contributed by atoms with Gasteiger partial charge in [-0.15, -0.1) is 11.3 Å². The van der Waals surface area contributed by atoms with Gasteiger partial charge in [-0.2, -0.15) is 5.10 Å². The number of benzene rings is 2. The highest BCUT2D eigenvalue weighted by molar-refractivity contribution is 7.14. The number of hydrogen-bond donors (Lipinski definition) is 1. The van der Waals surface area contributed by atoms with Crippen LogP contribution in [0, 0.1) is 10.1 Å². The maximum absolute atomic E-state index is 10.9. The molecule has 0 fully saturated rings. The summed E-state index contributed by atoms with van der Waals surface area (Å²) in [6.07, 6.45) is 1.49. The van der Waals surface area contributed by atoms with E-state index < -0.39 is 4.92 Å². The average Bonchev–Trinajstić information content (AvgIpc) is 3.11. The van der Waals surface area contributed by atoms with E-state index in [1.54, 1.807) is 6.07 Å². The molecule has 2 aromatic carbocycles. The Kier molecular flexibility index (Phi) is 5.00. The molecule has 0 unspecified atom stereocenters. The number of hydrazone groups is 1. The van der Waals surface area contributed by atoms with Crippen LogP contribution in [0.1, 0.15) is 5.56 Å². The fourth-order valence-corrected chi connectivity index (χ4v) is 2.80. The molecule has 3 aromatic rings. The van der Waals surface area contributed by atoms with Gasteiger partial charge in [0.1, 0.15) is 5.75 Å². The van der Waals surface area contributed by atoms with E-state index >= 15 is 0 Å². The molecule has 126 valence electrons. The summed E-state index contributed by atoms with van der Waals surface area (Å²) in [5.74, 6) is 0.399. The van der Waals surface area contributed by atoms with Crippen molar-refractivity contribution in [3.63, 3.8) is 0 Å². The van der Waals surface area contributed by atoms with Crippen LogP contribution in [-0.2, 0) is 0 Å². The first-order valence-electron chi connectivity index (χ1n) is 7.29. The van der Waals surface area contributed by atoms with Gasteiger partial charge in [-0.3, -0.25) is 15.5 Å². The van der Waals surface area contributed by atoms with E-state index in [1.165, 1.54) is 36.8 Å². The third-order valence-electron chi connectivity index (χ3n) is 3.31. The monoisotopic (exact) mass is 354 g/mol. The zero-order valence-electron chi connectivity index (χ0n) is 13.2. The topological polar surface area (TPSA) is 89.7 Å². The summed E-state index contributed by atoms with van der Waals surface area (Å²) in [6.45, 7) is 0. The largest absolute Gasteiger partial charge is 0.496 e. The van der Waals surface area contributed by atoms with Crippen molar-refractivity contribution >= 4 is 28.4 Å². The lowest BCUT2D eigenvalue weighted by atomic mass is 10.2. The minimum atomic E-state index is -0.472. The minimum absolute atomic E-state index is 0.0542. The molecule has 1 aromatic heterocycles. The summed E-state index contributed by atoms with van der Waals surface area (Å²) >= 11 is 1.43. The van der Waals surface area contributed by atoms with Crippen LogP contribution in [0.3, 0.4) is 0 Å². The highest BCUT2D eigenvalue weighted by Gasteiger charge is 2.09. The Labute approximate surface area is 147 Å². The minimum Gasteiger partial charge on any atom is -0.496 e. The van der Waals surface area contributed by atoms with Gasteiger partial charge in [0.25, 0.3) is 5.69 Å². The number of aromatic nitrogens is 1. The standard InChI is InChI=1S/C17H14N4O3S/c1-24-15-8-12(7-14(9-15)21(22)23)10-18-20-17-19-16(11-25-17)13-5-3-2-4-6-13/h2-11H,1H3,(H,19,20). The Morgan fingerprint density at radius 2 is 2.08 bits per heavy atom. The smallest absolute Gasteiger partial charge is 0.273 e. The molecule has 8 heteroatoms. The molecule has 25 heavy (non-hydrogen) atoms. The lowest BCUT2D eigenvalue weighted by Gasteiger charge is -2.01. The molecule has 3 rings (SSSR count). The molecule has 0 radical (unpaired) electrons. The molecule has 0 saturated heterocycles. The van der Waals surface area contributed by atoms with Crippen LogP contribution >= 0.6 is 11.3 Å². The summed E-state index contributed by atoms with van der Waals surface area (Å²) in [5.41, 5.74) is 5.22. The summed E-state index contributed by atoms with van der Waals surface area (Å²) in [5, 5.41) is 17.6. The second kappa shape index (κ2) is 7.54. The Balaban J connectivity index is 1.72. The average molecular weight is 354 g/mol. The van der Waals surface area contributed by atoms with Crippen LogP contribution in [0.2, 0.25) is 0 Å². The van der Waals surface area contributed by atoms with E-state index in [4.69, 9.17) is 4.74 Å². The summed E-state index contributed by atoms with van der Waals surface area (Å²) < 4.78 is 5.07. The van der Waals surface area contributed by atoms with Crippen LogP contribution in [-0.4, -0.2) is 23.2 Å². The number of thiazole rings is 1. The molecule has 0 bridgehead atoms. The number of anilines is 1. The number of ether oxygens (including phenoxy) is 1. The Morgan fingerprint density at radius 1 is 1.28 bits per heavy atom. The van der Waals surface area contributed by atoms with E-state index in [0.29, 0.717) is 16.4 Å². The highest BCUT2D eigenvalue weighted by atomic mass is 32.1. The number of rotatable bonds is 6. The lowest BCUT2D eigenvalue weighted by molar-refractivity contribution is -0.384. The lowest BCUT2D eigenvalue weighted by Crippen LogP contribution is -1.95. The Morgan fingerprint density at radius 3 is 2.80 bits per heavy atom. The van der Waals surface area contributed by atoms with Gasteiger partial charge < -0.3 is 4.74 Å². The van der Waals surface area contributed by atoms with Crippen molar-refractivity contribution in [2.75, 3.05) is 12.5 Å². The first-order valence-corrected chi connectivity index (χ1v) is 8.17. The first-order chi connectivity index (χ1) is 12.2. The zero-order chi connectivity index (χ0) is 17.6. The number of nitrogens with one attached hydrogen (secondary N) is 1. The second-order valence-electron chi connectivity index (χ2n) is 5.00. The van der Waals surface area contributed by atoms with E-state index in [1.807, 2.05) is 35.7 Å². The van der Waals surface area contributed by atoms with Crippen molar-refractivity contribution in [2.45, 2.75) is 0 Å². The van der Waals surface area contributed by atoms with Crippen LogP contribution < -0.4 is 10.2 Å². The van der Waals surface area contributed by atoms with Gasteiger partial charge in [-0.05, 0) is 6.07 Å². The number of nitro groups is 1. The van der Waals surface area contributed by atoms with Crippen LogP contribution in [0.5, 0.6) is 5.75 Å². The van der Waals surface area contributed by atoms with Gasteiger partial charge in [0.2, 0.25) is 5.13 Å². The van der Waals surface area contributed by atoms with E-state index in [9.17, 15) is 10.1 Å². The van der Waals surface area contributed by atoms with Crippen molar-refractivity contribution in [1.82, 2.24) is 4.98 Å². The van der Waals surface area contributed by atoms with Crippen LogP contribution in [0.15, 0.2) is 59.0 Å². The first kappa shape index (κ1) is 16.6. The van der Waals surface area contributed by atoms with Gasteiger partial charge in [0.05, 0.1) is 30.0 Å². The fraction of sp³-hybridized carbons (Fsp3) is 0.0588. The third kappa shape index (κ3) is 4.18. The second-order valence-corrected chi connectivity index (χ2v) is 5.85. The van der Waals surface area contributed by atoms with Crippen molar-refractivity contribution in [2.24, 2.45) is 5.10 Å². The number of nitrogens with zero attached hydrogens (tertiary/aromatic N) is 3. The Hall–Kier alpha value is -3.26. The maximum Gasteiger partial charge on any atom is 0.273 e. The quantitative estimate of drug-likeness (QED) is 0.407. The molecule has 0 aliphatic heterocycles. The molecule has 1 N–H and O–H groups in total. The Bertz CT molecular complexity index is 909. The molecular weight excluding hydrogens is 340 g/mol. The van der Waals surface area contributed by atoms with Crippen molar-refractivity contribution in [3.8, 4) is 17.0 Å². The number of hydrogen-bond acceptors (Lipinski definition) is 7. The molecule has 7 nitrogen and oxygen atoms in total. The van der Waals surface area contributed by atoms with Crippen LogP contribution in [0.4, 0.5) is 10.8 Å². The molecule has 0 amide bonds. The van der Waals surface area contributed by atoms with Gasteiger partial charge in [0.15, 0.2) is 0 Å². The number of nitro benzene ring substituents is 1. The van der Waals surface area contributed by atoms with E-state index in [0.717, 1.165) is 11.3 Å². The zero-order valence-corrected chi connectivity index (χ0v) is 14.1. The molecule has 1 heterocycles. The summed E-state index contributed by atoms with van der Waals surface area (Å²) in [7, 11) is 1.46. The van der Waals surface area contributed by atoms with Gasteiger partial charge in [0, 0.05) is 22.6 Å². The highest BCUT2D eigenvalue weighted by Crippen LogP contribution is 2.25. The van der Waals surface area contributed by atoms with Gasteiger partial charge in [-0.1, -0.05) is 30.3 Å². The SMILES string of the molecule is COc1cc(C=NNc2nc(-c3ccccc3)cs2)cc([N+](=O)[O-])c1. The molecular formula is C17H14N4O3S. The van der Waals surface area contributed by atoms with Gasteiger partial charge >= 0.3 is 0 Å². The normalized spacial score (nSPS) is 10.8. The molecule has 0 aliphatic carbocycles. The fourth-order valence-electron chi connectivity index (χ4n) is 2.13. The number of methoxy groups -OCH3 is 1.